The number of benzene rings is 1. The number of halogens is 1. The van der Waals surface area contributed by atoms with Gasteiger partial charge in [0.05, 0.1) is 0 Å². The molecule has 0 heterocycles. The highest BCUT2D eigenvalue weighted by Crippen LogP contribution is 2.15. The van der Waals surface area contributed by atoms with E-state index in [1.54, 1.807) is 0 Å². The molecule has 0 atom stereocenters. The van der Waals surface area contributed by atoms with Gasteiger partial charge in [0.25, 0.3) is 0 Å². The molecule has 0 saturated heterocycles. The Labute approximate surface area is 90.0 Å². The molecular formula is C11H13ClS. The van der Waals surface area contributed by atoms with E-state index in [0.717, 1.165) is 22.8 Å². The summed E-state index contributed by atoms with van der Waals surface area (Å²) in [5.41, 5.74) is 2.35. The maximum Gasteiger partial charge on any atom is 0.0414 e. The van der Waals surface area contributed by atoms with Crippen LogP contribution in [0.15, 0.2) is 24.3 Å². The van der Waals surface area contributed by atoms with Gasteiger partial charge < -0.3 is 0 Å². The summed E-state index contributed by atoms with van der Waals surface area (Å²) in [4.78, 5) is 0. The summed E-state index contributed by atoms with van der Waals surface area (Å²) in [5, 5.41) is 0.797. The topological polar surface area (TPSA) is 0 Å². The van der Waals surface area contributed by atoms with Crippen molar-refractivity contribution in [2.45, 2.75) is 13.3 Å². The van der Waals surface area contributed by atoms with Crippen LogP contribution >= 0.6 is 24.2 Å². The first-order valence-electron chi connectivity index (χ1n) is 4.27. The zero-order valence-corrected chi connectivity index (χ0v) is 9.28. The molecule has 0 radical (unpaired) electrons. The van der Waals surface area contributed by atoms with Crippen molar-refractivity contribution >= 4 is 30.3 Å². The molecule has 0 saturated carbocycles. The molecule has 0 aromatic heterocycles. The molecule has 0 bridgehead atoms. The maximum absolute atomic E-state index is 5.91. The number of aryl methyl sites for hydroxylation is 1. The van der Waals surface area contributed by atoms with Crippen LogP contribution in [0, 0.1) is 6.92 Å². The highest BCUT2D eigenvalue weighted by molar-refractivity contribution is 7.80. The number of rotatable bonds is 3. The zero-order valence-electron chi connectivity index (χ0n) is 7.63. The Balaban J connectivity index is 2.77. The van der Waals surface area contributed by atoms with Gasteiger partial charge in [-0.1, -0.05) is 29.8 Å². The minimum Gasteiger partial charge on any atom is -0.179 e. The Kier molecular flexibility index (Phi) is 4.40. The average Bonchev–Trinajstić information content (AvgIpc) is 2.03. The minimum absolute atomic E-state index is 0.797. The van der Waals surface area contributed by atoms with Crippen LogP contribution in [0.5, 0.6) is 0 Å². The van der Waals surface area contributed by atoms with Gasteiger partial charge in [0, 0.05) is 5.02 Å². The van der Waals surface area contributed by atoms with Crippen molar-refractivity contribution in [3.8, 4) is 0 Å². The summed E-state index contributed by atoms with van der Waals surface area (Å²) in [5.74, 6) is 0.885. The van der Waals surface area contributed by atoms with E-state index in [9.17, 15) is 0 Å². The van der Waals surface area contributed by atoms with Crippen LogP contribution in [0.4, 0.5) is 0 Å². The van der Waals surface area contributed by atoms with Gasteiger partial charge >= 0.3 is 0 Å². The zero-order chi connectivity index (χ0) is 9.68. The molecule has 13 heavy (non-hydrogen) atoms. The van der Waals surface area contributed by atoms with E-state index >= 15 is 0 Å². The standard InChI is InChI=1S/C11H13ClS/c1-9-6-10(4-2-3-5-13)8-11(12)7-9/h2,4,6-8,13H,3,5H2,1H3. The predicted octanol–water partition coefficient (Wildman–Crippen LogP) is 3.98. The normalized spacial score (nSPS) is 11.0. The second-order valence-corrected chi connectivity index (χ2v) is 3.86. The summed E-state index contributed by atoms with van der Waals surface area (Å²) in [7, 11) is 0. The van der Waals surface area contributed by atoms with Crippen molar-refractivity contribution in [1.82, 2.24) is 0 Å². The smallest absolute Gasteiger partial charge is 0.0414 e. The SMILES string of the molecule is Cc1cc(Cl)cc(C=CCCS)c1. The first-order valence-corrected chi connectivity index (χ1v) is 5.28. The van der Waals surface area contributed by atoms with Crippen LogP contribution in [0.2, 0.25) is 5.02 Å². The van der Waals surface area contributed by atoms with Gasteiger partial charge in [0.1, 0.15) is 0 Å². The molecule has 1 aromatic rings. The molecule has 70 valence electrons. The van der Waals surface area contributed by atoms with Crippen LogP contribution in [0.25, 0.3) is 6.08 Å². The second kappa shape index (κ2) is 5.36. The summed E-state index contributed by atoms with van der Waals surface area (Å²) >= 11 is 10.0. The van der Waals surface area contributed by atoms with Crippen LogP contribution in [0.1, 0.15) is 17.5 Å². The van der Waals surface area contributed by atoms with Crippen molar-refractivity contribution < 1.29 is 0 Å². The Morgan fingerprint density at radius 1 is 1.38 bits per heavy atom. The first kappa shape index (κ1) is 10.7. The second-order valence-electron chi connectivity index (χ2n) is 2.98. The molecule has 0 N–H and O–H groups in total. The Morgan fingerprint density at radius 2 is 2.15 bits per heavy atom. The molecular weight excluding hydrogens is 200 g/mol. The van der Waals surface area contributed by atoms with E-state index in [0.29, 0.717) is 0 Å². The lowest BCUT2D eigenvalue weighted by Gasteiger charge is -1.97. The third-order valence-electron chi connectivity index (χ3n) is 1.67. The number of allylic oxidation sites excluding steroid dienone is 1. The lowest BCUT2D eigenvalue weighted by molar-refractivity contribution is 1.26. The van der Waals surface area contributed by atoms with Crippen molar-refractivity contribution in [3.05, 3.63) is 40.4 Å². The number of hydrogen-bond acceptors (Lipinski definition) is 1. The summed E-state index contributed by atoms with van der Waals surface area (Å²) < 4.78 is 0. The van der Waals surface area contributed by atoms with Crippen LogP contribution in [0.3, 0.4) is 0 Å². The van der Waals surface area contributed by atoms with E-state index in [-0.39, 0.29) is 0 Å². The van der Waals surface area contributed by atoms with Crippen molar-refractivity contribution in [1.29, 1.82) is 0 Å². The number of hydrogen-bond donors (Lipinski definition) is 1. The molecule has 0 amide bonds. The van der Waals surface area contributed by atoms with E-state index in [1.807, 2.05) is 19.1 Å². The van der Waals surface area contributed by atoms with Gasteiger partial charge in [0.2, 0.25) is 0 Å². The summed E-state index contributed by atoms with van der Waals surface area (Å²) in [6.07, 6.45) is 5.18. The largest absolute Gasteiger partial charge is 0.179 e. The molecule has 1 rings (SSSR count). The molecule has 1 aromatic carbocycles. The van der Waals surface area contributed by atoms with Gasteiger partial charge in [0.15, 0.2) is 0 Å². The van der Waals surface area contributed by atoms with Gasteiger partial charge in [-0.05, 0) is 42.4 Å². The fourth-order valence-electron chi connectivity index (χ4n) is 1.15. The van der Waals surface area contributed by atoms with Crippen molar-refractivity contribution in [2.75, 3.05) is 5.75 Å². The van der Waals surface area contributed by atoms with Crippen LogP contribution in [-0.2, 0) is 0 Å². The fraction of sp³-hybridized carbons (Fsp3) is 0.273. The molecule has 0 aliphatic heterocycles. The Bertz CT molecular complexity index is 285. The molecule has 0 aliphatic rings. The molecule has 0 unspecified atom stereocenters. The Hall–Kier alpha value is -0.400. The van der Waals surface area contributed by atoms with E-state index in [4.69, 9.17) is 11.6 Å². The summed E-state index contributed by atoms with van der Waals surface area (Å²) in [6, 6.07) is 6.03. The van der Waals surface area contributed by atoms with Crippen molar-refractivity contribution in [2.24, 2.45) is 0 Å². The quantitative estimate of drug-likeness (QED) is 0.720. The first-order chi connectivity index (χ1) is 6.22. The highest BCUT2D eigenvalue weighted by Gasteiger charge is 1.92. The monoisotopic (exact) mass is 212 g/mol. The summed E-state index contributed by atoms with van der Waals surface area (Å²) in [6.45, 7) is 2.04. The highest BCUT2D eigenvalue weighted by atomic mass is 35.5. The molecule has 0 aliphatic carbocycles. The van der Waals surface area contributed by atoms with Crippen molar-refractivity contribution in [3.63, 3.8) is 0 Å². The molecule has 2 heteroatoms. The third-order valence-corrected chi connectivity index (χ3v) is 2.15. The third kappa shape index (κ3) is 3.88. The lowest BCUT2D eigenvalue weighted by atomic mass is 10.1. The average molecular weight is 213 g/mol. The van der Waals surface area contributed by atoms with Crippen LogP contribution in [-0.4, -0.2) is 5.75 Å². The molecule has 0 fully saturated rings. The van der Waals surface area contributed by atoms with Gasteiger partial charge in [-0.15, -0.1) is 0 Å². The van der Waals surface area contributed by atoms with Gasteiger partial charge in [-0.3, -0.25) is 0 Å². The fourth-order valence-corrected chi connectivity index (χ4v) is 1.60. The van der Waals surface area contributed by atoms with Gasteiger partial charge in [-0.25, -0.2) is 0 Å². The Morgan fingerprint density at radius 3 is 2.77 bits per heavy atom. The van der Waals surface area contributed by atoms with Crippen LogP contribution < -0.4 is 0 Å². The predicted molar refractivity (Wildman–Crippen MR) is 63.7 cm³/mol. The lowest BCUT2D eigenvalue weighted by Crippen LogP contribution is -1.77. The number of thiol groups is 1. The molecule has 0 nitrogen and oxygen atoms in total. The molecule has 0 spiro atoms. The van der Waals surface area contributed by atoms with E-state index < -0.39 is 0 Å². The van der Waals surface area contributed by atoms with Gasteiger partial charge in [-0.2, -0.15) is 12.6 Å². The minimum atomic E-state index is 0.797. The van der Waals surface area contributed by atoms with E-state index in [2.05, 4.69) is 30.8 Å². The maximum atomic E-state index is 5.91. The van der Waals surface area contributed by atoms with E-state index in [1.165, 1.54) is 5.56 Å².